The molecule has 0 saturated heterocycles. The molecule has 0 aromatic rings. The molecule has 6 nitrogen and oxygen atoms in total. The molecule has 420 valence electrons. The first-order valence-corrected chi connectivity index (χ1v) is 31.6. The predicted molar refractivity (Wildman–Crippen MR) is 312 cm³/mol. The van der Waals surface area contributed by atoms with Crippen molar-refractivity contribution in [3.63, 3.8) is 0 Å². The lowest BCUT2D eigenvalue weighted by atomic mass is 10.0. The van der Waals surface area contributed by atoms with Gasteiger partial charge in [0.25, 0.3) is 0 Å². The van der Waals surface area contributed by atoms with Crippen LogP contribution in [0, 0.1) is 0 Å². The minimum absolute atomic E-state index is 0.0730. The highest BCUT2D eigenvalue weighted by atomic mass is 16.6. The third-order valence-corrected chi connectivity index (χ3v) is 14.1. The molecule has 0 heterocycles. The summed E-state index contributed by atoms with van der Waals surface area (Å²) in [5, 5.41) is 0. The number of esters is 3. The molecule has 0 aliphatic rings. The van der Waals surface area contributed by atoms with Gasteiger partial charge in [0, 0.05) is 19.3 Å². The van der Waals surface area contributed by atoms with Crippen LogP contribution in [0.1, 0.15) is 335 Å². The lowest BCUT2D eigenvalue weighted by Gasteiger charge is -2.18. The van der Waals surface area contributed by atoms with Crippen LogP contribution < -0.4 is 0 Å². The van der Waals surface area contributed by atoms with Gasteiger partial charge in [0.1, 0.15) is 13.2 Å². The Bertz CT molecular complexity index is 1250. The summed E-state index contributed by atoms with van der Waals surface area (Å²) >= 11 is 0. The molecule has 0 aromatic carbocycles. The Kier molecular flexibility index (Phi) is 58.7. The molecule has 0 radical (unpaired) electrons. The lowest BCUT2D eigenvalue weighted by molar-refractivity contribution is -0.167. The highest BCUT2D eigenvalue weighted by Crippen LogP contribution is 2.17. The monoisotopic (exact) mass is 1010 g/mol. The molecule has 6 heteroatoms. The average molecular weight is 1010 g/mol. The third-order valence-electron chi connectivity index (χ3n) is 14.1. The first-order chi connectivity index (χ1) is 35.5. The van der Waals surface area contributed by atoms with Crippen LogP contribution in [0.25, 0.3) is 0 Å². The van der Waals surface area contributed by atoms with Crippen LogP contribution in [0.4, 0.5) is 0 Å². The van der Waals surface area contributed by atoms with Crippen molar-refractivity contribution in [1.82, 2.24) is 0 Å². The fourth-order valence-corrected chi connectivity index (χ4v) is 9.27. The Hall–Kier alpha value is -2.63. The molecular weight excluding hydrogens is 889 g/mol. The molecule has 0 aliphatic carbocycles. The van der Waals surface area contributed by atoms with Gasteiger partial charge in [-0.2, -0.15) is 0 Å². The first kappa shape index (κ1) is 69.4. The average Bonchev–Trinajstić information content (AvgIpc) is 3.38. The van der Waals surface area contributed by atoms with E-state index in [-0.39, 0.29) is 31.1 Å². The fraction of sp³-hybridized carbons (Fsp3) is 0.833. The summed E-state index contributed by atoms with van der Waals surface area (Å²) in [5.41, 5.74) is 0. The van der Waals surface area contributed by atoms with Crippen LogP contribution in [0.3, 0.4) is 0 Å². The summed E-state index contributed by atoms with van der Waals surface area (Å²) in [6.07, 6.45) is 75.5. The van der Waals surface area contributed by atoms with Gasteiger partial charge in [-0.05, 0) is 83.5 Å². The quantitative estimate of drug-likeness (QED) is 0.0261. The normalized spacial score (nSPS) is 12.3. The van der Waals surface area contributed by atoms with Gasteiger partial charge in [-0.15, -0.1) is 0 Å². The Morgan fingerprint density at radius 3 is 0.792 bits per heavy atom. The predicted octanol–water partition coefficient (Wildman–Crippen LogP) is 21.4. The van der Waals surface area contributed by atoms with Crippen molar-refractivity contribution >= 4 is 17.9 Å². The molecule has 0 N–H and O–H groups in total. The van der Waals surface area contributed by atoms with E-state index in [9.17, 15) is 14.4 Å². The van der Waals surface area contributed by atoms with Crippen molar-refractivity contribution in [3.05, 3.63) is 48.6 Å². The third kappa shape index (κ3) is 58.3. The van der Waals surface area contributed by atoms with E-state index in [1.807, 2.05) is 0 Å². The van der Waals surface area contributed by atoms with Crippen LogP contribution >= 0.6 is 0 Å². The van der Waals surface area contributed by atoms with E-state index in [0.717, 1.165) is 77.0 Å². The van der Waals surface area contributed by atoms with E-state index in [2.05, 4.69) is 69.4 Å². The molecule has 0 spiro atoms. The number of unbranched alkanes of at least 4 members (excludes halogenated alkanes) is 39. The molecule has 0 saturated carbocycles. The van der Waals surface area contributed by atoms with Crippen LogP contribution in [-0.2, 0) is 28.6 Å². The molecule has 1 unspecified atom stereocenters. The van der Waals surface area contributed by atoms with Gasteiger partial charge in [-0.25, -0.2) is 0 Å². The Balaban J connectivity index is 4.22. The zero-order chi connectivity index (χ0) is 52.2. The van der Waals surface area contributed by atoms with Crippen LogP contribution in [-0.4, -0.2) is 37.2 Å². The zero-order valence-corrected chi connectivity index (χ0v) is 48.2. The minimum atomic E-state index is -0.775. The molecule has 0 aromatic heterocycles. The topological polar surface area (TPSA) is 78.9 Å². The summed E-state index contributed by atoms with van der Waals surface area (Å²) in [7, 11) is 0. The van der Waals surface area contributed by atoms with Crippen LogP contribution in [0.15, 0.2) is 48.6 Å². The van der Waals surface area contributed by atoms with Crippen molar-refractivity contribution in [2.45, 2.75) is 341 Å². The summed E-state index contributed by atoms with van der Waals surface area (Å²) in [6.45, 7) is 6.65. The maximum absolute atomic E-state index is 12.9. The summed E-state index contributed by atoms with van der Waals surface area (Å²) in [5.74, 6) is -0.866. The standard InChI is InChI=1S/C66H120O6/c1-4-7-10-13-16-19-22-25-27-28-29-30-31-32-33-34-35-36-37-38-40-41-44-47-50-53-56-59-65(68)71-62-63(61-70-64(67)58-55-52-49-46-43-24-21-18-15-12-9-6-3)72-66(69)60-57-54-51-48-45-42-39-26-23-20-17-14-11-8-5-2/h22,25-26,28-29,31-32,39,63H,4-21,23-24,27,30,33-38,40-62H2,1-3H3/b25-22-,29-28-,32-31-,39-26-. The van der Waals surface area contributed by atoms with Crippen molar-refractivity contribution < 1.29 is 28.6 Å². The van der Waals surface area contributed by atoms with E-state index in [4.69, 9.17) is 14.2 Å². The van der Waals surface area contributed by atoms with Crippen molar-refractivity contribution in [2.24, 2.45) is 0 Å². The Morgan fingerprint density at radius 1 is 0.278 bits per heavy atom. The first-order valence-electron chi connectivity index (χ1n) is 31.6. The summed E-state index contributed by atoms with van der Waals surface area (Å²) < 4.78 is 16.9. The maximum atomic E-state index is 12.9. The molecule has 72 heavy (non-hydrogen) atoms. The van der Waals surface area contributed by atoms with E-state index < -0.39 is 6.10 Å². The number of allylic oxidation sites excluding steroid dienone is 8. The lowest BCUT2D eigenvalue weighted by Crippen LogP contribution is -2.30. The highest BCUT2D eigenvalue weighted by Gasteiger charge is 2.19. The van der Waals surface area contributed by atoms with Gasteiger partial charge in [-0.3, -0.25) is 14.4 Å². The van der Waals surface area contributed by atoms with E-state index >= 15 is 0 Å². The zero-order valence-electron chi connectivity index (χ0n) is 48.2. The maximum Gasteiger partial charge on any atom is 0.306 e. The van der Waals surface area contributed by atoms with Gasteiger partial charge in [0.2, 0.25) is 0 Å². The highest BCUT2D eigenvalue weighted by molar-refractivity contribution is 5.71. The number of carbonyl (C=O) groups is 3. The van der Waals surface area contributed by atoms with Gasteiger partial charge in [-0.1, -0.05) is 281 Å². The SMILES string of the molecule is CCCCCCC/C=C\C/C=C\C/C=C\CCCCCCCCCCCCCCC(=O)OCC(COC(=O)CCCCCCCCCCCCCC)OC(=O)CCCCCCC/C=C\CCCCCCCC. The number of rotatable bonds is 58. The second kappa shape index (κ2) is 60.9. The molecule has 0 amide bonds. The van der Waals surface area contributed by atoms with Crippen LogP contribution in [0.2, 0.25) is 0 Å². The minimum Gasteiger partial charge on any atom is -0.462 e. The number of ether oxygens (including phenoxy) is 3. The Morgan fingerprint density at radius 2 is 0.500 bits per heavy atom. The van der Waals surface area contributed by atoms with Gasteiger partial charge >= 0.3 is 17.9 Å². The van der Waals surface area contributed by atoms with Crippen molar-refractivity contribution in [2.75, 3.05) is 13.2 Å². The van der Waals surface area contributed by atoms with E-state index in [1.54, 1.807) is 0 Å². The second-order valence-corrected chi connectivity index (χ2v) is 21.3. The summed E-state index contributed by atoms with van der Waals surface area (Å²) in [4.78, 5) is 38.2. The fourth-order valence-electron chi connectivity index (χ4n) is 9.27. The van der Waals surface area contributed by atoms with Gasteiger partial charge < -0.3 is 14.2 Å². The number of hydrogen-bond donors (Lipinski definition) is 0. The van der Waals surface area contributed by atoms with Crippen molar-refractivity contribution in [3.8, 4) is 0 Å². The molecule has 0 rings (SSSR count). The molecule has 0 bridgehead atoms. The second-order valence-electron chi connectivity index (χ2n) is 21.3. The largest absolute Gasteiger partial charge is 0.462 e. The van der Waals surface area contributed by atoms with E-state index in [1.165, 1.54) is 218 Å². The molecular formula is C66H120O6. The van der Waals surface area contributed by atoms with E-state index in [0.29, 0.717) is 19.3 Å². The van der Waals surface area contributed by atoms with Crippen LogP contribution in [0.5, 0.6) is 0 Å². The number of hydrogen-bond acceptors (Lipinski definition) is 6. The molecule has 1 atom stereocenters. The van der Waals surface area contributed by atoms with Gasteiger partial charge in [0.05, 0.1) is 0 Å². The van der Waals surface area contributed by atoms with Crippen molar-refractivity contribution in [1.29, 1.82) is 0 Å². The summed E-state index contributed by atoms with van der Waals surface area (Å²) in [6, 6.07) is 0. The molecule has 0 aliphatic heterocycles. The Labute approximate surface area is 448 Å². The smallest absolute Gasteiger partial charge is 0.306 e. The number of carbonyl (C=O) groups excluding carboxylic acids is 3. The molecule has 0 fully saturated rings. The van der Waals surface area contributed by atoms with Gasteiger partial charge in [0.15, 0.2) is 6.10 Å².